The van der Waals surface area contributed by atoms with Crippen molar-refractivity contribution in [3.63, 3.8) is 0 Å². The van der Waals surface area contributed by atoms with Crippen LogP contribution in [-0.2, 0) is 28.4 Å². The summed E-state index contributed by atoms with van der Waals surface area (Å²) in [6, 6.07) is 6.22. The number of fused-ring (bicyclic) bond motifs is 1. The Hall–Kier alpha value is -2.96. The third-order valence-corrected chi connectivity index (χ3v) is 12.5. The SMILES string of the molecule is Cc1c(Cc2c(CO[Si](C)(C)C(C)(C)C)nc3c(/N=C/N(C)C)cc(N4CCOCC4)nn23)cccc1C(F)(F)F. The molecule has 41 heavy (non-hydrogen) atoms. The van der Waals surface area contributed by atoms with Crippen molar-refractivity contribution in [2.45, 2.75) is 65.0 Å². The zero-order chi connectivity index (χ0) is 30.2. The number of nitrogens with zero attached hydrogens (tertiary/aromatic N) is 6. The monoisotopic (exact) mass is 590 g/mol. The molecule has 1 saturated heterocycles. The van der Waals surface area contributed by atoms with E-state index in [4.69, 9.17) is 24.2 Å². The molecule has 1 aliphatic heterocycles. The zero-order valence-corrected chi connectivity index (χ0v) is 26.3. The lowest BCUT2D eigenvalue weighted by molar-refractivity contribution is -0.138. The van der Waals surface area contributed by atoms with Crippen molar-refractivity contribution >= 4 is 31.8 Å². The molecule has 224 valence electrons. The highest BCUT2D eigenvalue weighted by Crippen LogP contribution is 2.38. The number of morpholine rings is 1. The molecule has 0 spiro atoms. The maximum absolute atomic E-state index is 13.8. The van der Waals surface area contributed by atoms with Crippen LogP contribution in [0.1, 0.15) is 48.8 Å². The van der Waals surface area contributed by atoms with E-state index in [2.05, 4.69) is 38.8 Å². The maximum atomic E-state index is 13.8. The molecule has 2 aromatic heterocycles. The molecule has 8 nitrogen and oxygen atoms in total. The number of aromatic nitrogens is 3. The highest BCUT2D eigenvalue weighted by Gasteiger charge is 2.38. The molecule has 0 bridgehead atoms. The summed E-state index contributed by atoms with van der Waals surface area (Å²) in [7, 11) is 1.62. The van der Waals surface area contributed by atoms with E-state index in [1.807, 2.05) is 25.1 Å². The molecule has 1 aliphatic rings. The molecule has 4 rings (SSSR count). The van der Waals surface area contributed by atoms with Crippen LogP contribution in [0, 0.1) is 6.92 Å². The number of ether oxygens (including phenoxy) is 1. The molecule has 0 aliphatic carbocycles. The second-order valence-corrected chi connectivity index (χ2v) is 17.1. The molecular weight excluding hydrogens is 549 g/mol. The van der Waals surface area contributed by atoms with Crippen LogP contribution in [0.3, 0.4) is 0 Å². The minimum atomic E-state index is -4.44. The third kappa shape index (κ3) is 6.92. The molecule has 1 aromatic carbocycles. The third-order valence-electron chi connectivity index (χ3n) is 7.98. The van der Waals surface area contributed by atoms with Gasteiger partial charge in [0, 0.05) is 39.7 Å². The van der Waals surface area contributed by atoms with Crippen LogP contribution in [0.2, 0.25) is 18.1 Å². The number of benzene rings is 1. The van der Waals surface area contributed by atoms with Gasteiger partial charge in [-0.05, 0) is 42.2 Å². The number of alkyl halides is 3. The normalized spacial score (nSPS) is 15.3. The Morgan fingerprint density at radius 3 is 2.44 bits per heavy atom. The van der Waals surface area contributed by atoms with Gasteiger partial charge in [-0.15, -0.1) is 5.10 Å². The summed E-state index contributed by atoms with van der Waals surface area (Å²) >= 11 is 0. The van der Waals surface area contributed by atoms with Gasteiger partial charge in [-0.25, -0.2) is 14.5 Å². The van der Waals surface area contributed by atoms with Crippen LogP contribution in [0.15, 0.2) is 29.3 Å². The van der Waals surface area contributed by atoms with Gasteiger partial charge in [-0.3, -0.25) is 0 Å². The maximum Gasteiger partial charge on any atom is 0.416 e. The molecule has 1 fully saturated rings. The minimum Gasteiger partial charge on any atom is -0.411 e. The lowest BCUT2D eigenvalue weighted by Gasteiger charge is -2.36. The standard InChI is InChI=1S/C29H41F3N6O2Si/c1-20-21(10-9-11-22(20)29(30,31)32)16-25-24(18-40-41(7,8)28(2,3)4)34-27-23(33-19-36(5)6)17-26(35-38(25)27)37-12-14-39-15-13-37/h9-11,17,19H,12-16,18H2,1-8H3/b33-19+. The first-order chi connectivity index (χ1) is 19.1. The minimum absolute atomic E-state index is 0.0210. The van der Waals surface area contributed by atoms with Gasteiger partial charge in [0.2, 0.25) is 0 Å². The van der Waals surface area contributed by atoms with Gasteiger partial charge in [0.05, 0.1) is 43.1 Å². The molecule has 0 N–H and O–H groups in total. The van der Waals surface area contributed by atoms with Gasteiger partial charge in [-0.1, -0.05) is 32.9 Å². The quantitative estimate of drug-likeness (QED) is 0.176. The molecule has 0 amide bonds. The van der Waals surface area contributed by atoms with Crippen LogP contribution in [0.5, 0.6) is 0 Å². The summed E-state index contributed by atoms with van der Waals surface area (Å²) in [6.07, 6.45) is -2.53. The number of imidazole rings is 1. The summed E-state index contributed by atoms with van der Waals surface area (Å²) in [5, 5.41) is 4.95. The summed E-state index contributed by atoms with van der Waals surface area (Å²) in [5.41, 5.74) is 2.62. The van der Waals surface area contributed by atoms with E-state index in [0.717, 1.165) is 6.07 Å². The van der Waals surface area contributed by atoms with Crippen molar-refractivity contribution in [3.05, 3.63) is 52.3 Å². The van der Waals surface area contributed by atoms with Gasteiger partial charge in [0.15, 0.2) is 19.8 Å². The molecule has 0 radical (unpaired) electrons. The molecule has 3 heterocycles. The van der Waals surface area contributed by atoms with Crippen molar-refractivity contribution < 1.29 is 22.3 Å². The number of hydrogen-bond donors (Lipinski definition) is 0. The van der Waals surface area contributed by atoms with Gasteiger partial charge >= 0.3 is 6.18 Å². The van der Waals surface area contributed by atoms with E-state index >= 15 is 0 Å². The predicted octanol–water partition coefficient (Wildman–Crippen LogP) is 6.23. The number of rotatable bonds is 8. The van der Waals surface area contributed by atoms with Crippen molar-refractivity contribution in [2.24, 2.45) is 4.99 Å². The molecule has 0 saturated carbocycles. The average molecular weight is 591 g/mol. The number of halogens is 3. The summed E-state index contributed by atoms with van der Waals surface area (Å²) in [5.74, 6) is 0.711. The largest absolute Gasteiger partial charge is 0.416 e. The van der Waals surface area contributed by atoms with Crippen LogP contribution in [0.4, 0.5) is 24.7 Å². The van der Waals surface area contributed by atoms with E-state index < -0.39 is 20.1 Å². The molecule has 3 aromatic rings. The molecule has 12 heteroatoms. The molecule has 0 atom stereocenters. The highest BCUT2D eigenvalue weighted by molar-refractivity contribution is 6.74. The first-order valence-corrected chi connectivity index (χ1v) is 16.7. The number of anilines is 1. The molecular formula is C29H41F3N6O2Si. The van der Waals surface area contributed by atoms with Gasteiger partial charge in [0.1, 0.15) is 5.69 Å². The van der Waals surface area contributed by atoms with Crippen LogP contribution in [0.25, 0.3) is 5.65 Å². The lowest BCUT2D eigenvalue weighted by atomic mass is 9.98. The lowest BCUT2D eigenvalue weighted by Crippen LogP contribution is -2.40. The van der Waals surface area contributed by atoms with Crippen LogP contribution >= 0.6 is 0 Å². The van der Waals surface area contributed by atoms with Crippen LogP contribution in [-0.4, -0.2) is 74.6 Å². The fraction of sp³-hybridized carbons (Fsp3) is 0.552. The van der Waals surface area contributed by atoms with Gasteiger partial charge in [-0.2, -0.15) is 13.2 Å². The first kappa shape index (κ1) is 31.0. The fourth-order valence-corrected chi connectivity index (χ4v) is 5.35. The van der Waals surface area contributed by atoms with E-state index in [1.54, 1.807) is 16.9 Å². The van der Waals surface area contributed by atoms with E-state index in [0.29, 0.717) is 60.4 Å². The Bertz CT molecular complexity index is 1410. The first-order valence-electron chi connectivity index (χ1n) is 13.8. The van der Waals surface area contributed by atoms with Crippen LogP contribution < -0.4 is 4.90 Å². The van der Waals surface area contributed by atoms with Gasteiger partial charge in [0.25, 0.3) is 0 Å². The average Bonchev–Trinajstić information content (AvgIpc) is 3.23. The van der Waals surface area contributed by atoms with Crippen molar-refractivity contribution in [1.82, 2.24) is 19.5 Å². The summed E-state index contributed by atoms with van der Waals surface area (Å²) in [6.45, 7) is 15.1. The summed E-state index contributed by atoms with van der Waals surface area (Å²) < 4.78 is 55.2. The Balaban J connectivity index is 1.91. The highest BCUT2D eigenvalue weighted by atomic mass is 28.4. The number of aliphatic imine (C=N–C) groups is 1. The second-order valence-electron chi connectivity index (χ2n) is 12.2. The van der Waals surface area contributed by atoms with Crippen molar-refractivity contribution in [1.29, 1.82) is 0 Å². The Kier molecular flexibility index (Phi) is 8.86. The number of hydrogen-bond acceptors (Lipinski definition) is 6. The van der Waals surface area contributed by atoms with E-state index in [-0.39, 0.29) is 23.6 Å². The summed E-state index contributed by atoms with van der Waals surface area (Å²) in [4.78, 5) is 13.6. The smallest absolute Gasteiger partial charge is 0.411 e. The van der Waals surface area contributed by atoms with Gasteiger partial charge < -0.3 is 19.0 Å². The van der Waals surface area contributed by atoms with Crippen molar-refractivity contribution in [3.8, 4) is 0 Å². The van der Waals surface area contributed by atoms with E-state index in [9.17, 15) is 13.2 Å². The Morgan fingerprint density at radius 2 is 1.83 bits per heavy atom. The topological polar surface area (TPSA) is 67.5 Å². The Morgan fingerprint density at radius 1 is 1.15 bits per heavy atom. The predicted molar refractivity (Wildman–Crippen MR) is 159 cm³/mol. The molecule has 0 unspecified atom stereocenters. The second kappa shape index (κ2) is 11.7. The van der Waals surface area contributed by atoms with Crippen molar-refractivity contribution in [2.75, 3.05) is 45.3 Å². The zero-order valence-electron chi connectivity index (χ0n) is 25.3. The fourth-order valence-electron chi connectivity index (χ4n) is 4.42. The Labute approximate surface area is 241 Å². The van der Waals surface area contributed by atoms with E-state index in [1.165, 1.54) is 13.0 Å².